The summed E-state index contributed by atoms with van der Waals surface area (Å²) in [5, 5.41) is 5.96. The lowest BCUT2D eigenvalue weighted by atomic mass is 10.2. The van der Waals surface area contributed by atoms with Crippen molar-refractivity contribution in [1.82, 2.24) is 15.3 Å². The molecule has 25 heavy (non-hydrogen) atoms. The van der Waals surface area contributed by atoms with Gasteiger partial charge in [0, 0.05) is 24.5 Å². The molecule has 7 nitrogen and oxygen atoms in total. The van der Waals surface area contributed by atoms with Gasteiger partial charge in [0.2, 0.25) is 5.95 Å². The molecule has 132 valence electrons. The number of hydrogen-bond acceptors (Lipinski definition) is 6. The summed E-state index contributed by atoms with van der Waals surface area (Å²) in [6.07, 6.45) is 4.75. The van der Waals surface area contributed by atoms with E-state index in [2.05, 4.69) is 27.5 Å². The maximum absolute atomic E-state index is 12.1. The Labute approximate surface area is 146 Å². The molecular formula is C18H22N4O3. The Morgan fingerprint density at radius 1 is 1.16 bits per heavy atom. The molecule has 3 rings (SSSR count). The van der Waals surface area contributed by atoms with Crippen molar-refractivity contribution in [3.05, 3.63) is 36.2 Å². The van der Waals surface area contributed by atoms with Gasteiger partial charge in [0.05, 0.1) is 0 Å². The molecule has 0 radical (unpaired) electrons. The highest BCUT2D eigenvalue weighted by molar-refractivity contribution is 5.92. The van der Waals surface area contributed by atoms with Crippen molar-refractivity contribution in [2.24, 2.45) is 0 Å². The third-order valence-electron chi connectivity index (χ3n) is 3.75. The molecule has 2 N–H and O–H groups in total. The molecule has 2 aromatic rings. The Hall–Kier alpha value is -2.83. The van der Waals surface area contributed by atoms with E-state index in [1.54, 1.807) is 12.3 Å². The first-order valence-electron chi connectivity index (χ1n) is 8.54. The van der Waals surface area contributed by atoms with Crippen LogP contribution in [0.2, 0.25) is 0 Å². The van der Waals surface area contributed by atoms with Crippen molar-refractivity contribution in [3.8, 4) is 11.5 Å². The lowest BCUT2D eigenvalue weighted by Crippen LogP contribution is -2.25. The Balaban J connectivity index is 1.64. The van der Waals surface area contributed by atoms with Crippen LogP contribution in [0.3, 0.4) is 0 Å². The maximum Gasteiger partial charge on any atom is 0.270 e. The minimum absolute atomic E-state index is 0.191. The summed E-state index contributed by atoms with van der Waals surface area (Å²) in [4.78, 5) is 20.6. The molecule has 1 aromatic carbocycles. The van der Waals surface area contributed by atoms with Crippen LogP contribution in [0.15, 0.2) is 30.5 Å². The SMILES string of the molecule is CCCCCNC(=O)c1ccnc(Nc2ccc3c(c2)OCCO3)n1. The molecule has 1 amide bonds. The summed E-state index contributed by atoms with van der Waals surface area (Å²) in [7, 11) is 0. The molecule has 0 spiro atoms. The van der Waals surface area contributed by atoms with E-state index in [0.29, 0.717) is 37.2 Å². The number of ether oxygens (including phenoxy) is 2. The first kappa shape index (κ1) is 17.0. The number of unbranched alkanes of at least 4 members (excludes halogenated alkanes) is 2. The van der Waals surface area contributed by atoms with Gasteiger partial charge in [0.25, 0.3) is 5.91 Å². The average molecular weight is 342 g/mol. The standard InChI is InChI=1S/C18H22N4O3/c1-2-3-4-8-19-17(23)14-7-9-20-18(22-14)21-13-5-6-15-16(12-13)25-11-10-24-15/h5-7,9,12H,2-4,8,10-11H2,1H3,(H,19,23)(H,20,21,22). The molecule has 1 aliphatic heterocycles. The zero-order valence-electron chi connectivity index (χ0n) is 14.2. The van der Waals surface area contributed by atoms with Gasteiger partial charge in [-0.1, -0.05) is 19.8 Å². The fourth-order valence-electron chi connectivity index (χ4n) is 2.46. The molecule has 7 heteroatoms. The van der Waals surface area contributed by atoms with Gasteiger partial charge >= 0.3 is 0 Å². The lowest BCUT2D eigenvalue weighted by Gasteiger charge is -2.19. The fourth-order valence-corrected chi connectivity index (χ4v) is 2.46. The Kier molecular flexibility index (Phi) is 5.66. The monoisotopic (exact) mass is 342 g/mol. The van der Waals surface area contributed by atoms with Crippen molar-refractivity contribution in [2.75, 3.05) is 25.1 Å². The molecular weight excluding hydrogens is 320 g/mol. The van der Waals surface area contributed by atoms with Gasteiger partial charge < -0.3 is 20.1 Å². The number of nitrogens with zero attached hydrogens (tertiary/aromatic N) is 2. The molecule has 0 saturated carbocycles. The van der Waals surface area contributed by atoms with Gasteiger partial charge in [-0.15, -0.1) is 0 Å². The van der Waals surface area contributed by atoms with Crippen LogP contribution in [0, 0.1) is 0 Å². The fraction of sp³-hybridized carbons (Fsp3) is 0.389. The second-order valence-electron chi connectivity index (χ2n) is 5.71. The summed E-state index contributed by atoms with van der Waals surface area (Å²) in [5.41, 5.74) is 1.11. The molecule has 0 atom stereocenters. The number of carbonyl (C=O) groups is 1. The second-order valence-corrected chi connectivity index (χ2v) is 5.71. The highest BCUT2D eigenvalue weighted by atomic mass is 16.6. The van der Waals surface area contributed by atoms with Crippen molar-refractivity contribution in [1.29, 1.82) is 0 Å². The van der Waals surface area contributed by atoms with Crippen molar-refractivity contribution in [3.63, 3.8) is 0 Å². The summed E-state index contributed by atoms with van der Waals surface area (Å²) in [6.45, 7) is 3.86. The summed E-state index contributed by atoms with van der Waals surface area (Å²) < 4.78 is 11.1. The van der Waals surface area contributed by atoms with E-state index in [0.717, 1.165) is 30.7 Å². The predicted molar refractivity (Wildman–Crippen MR) is 94.6 cm³/mol. The Morgan fingerprint density at radius 3 is 2.84 bits per heavy atom. The van der Waals surface area contributed by atoms with E-state index in [-0.39, 0.29) is 5.91 Å². The largest absolute Gasteiger partial charge is 0.486 e. The van der Waals surface area contributed by atoms with E-state index in [1.165, 1.54) is 0 Å². The number of hydrogen-bond donors (Lipinski definition) is 2. The van der Waals surface area contributed by atoms with Crippen LogP contribution in [0.4, 0.5) is 11.6 Å². The smallest absolute Gasteiger partial charge is 0.270 e. The highest BCUT2D eigenvalue weighted by Crippen LogP contribution is 2.33. The third-order valence-corrected chi connectivity index (χ3v) is 3.75. The minimum Gasteiger partial charge on any atom is -0.486 e. The summed E-state index contributed by atoms with van der Waals surface area (Å²) in [5.74, 6) is 1.57. The third kappa shape index (κ3) is 4.59. The zero-order valence-corrected chi connectivity index (χ0v) is 14.2. The van der Waals surface area contributed by atoms with E-state index in [4.69, 9.17) is 9.47 Å². The summed E-state index contributed by atoms with van der Waals surface area (Å²) >= 11 is 0. The van der Waals surface area contributed by atoms with Crippen LogP contribution in [-0.2, 0) is 0 Å². The molecule has 0 unspecified atom stereocenters. The van der Waals surface area contributed by atoms with Gasteiger partial charge in [0.1, 0.15) is 18.9 Å². The van der Waals surface area contributed by atoms with Crippen molar-refractivity contribution < 1.29 is 14.3 Å². The predicted octanol–water partition coefficient (Wildman–Crippen LogP) is 2.91. The first-order chi connectivity index (χ1) is 12.3. The second kappa shape index (κ2) is 8.32. The van der Waals surface area contributed by atoms with E-state index < -0.39 is 0 Å². The Bertz CT molecular complexity index is 736. The molecule has 0 saturated heterocycles. The molecule has 0 fully saturated rings. The van der Waals surface area contributed by atoms with Crippen LogP contribution >= 0.6 is 0 Å². The van der Waals surface area contributed by atoms with E-state index >= 15 is 0 Å². The molecule has 1 aliphatic rings. The lowest BCUT2D eigenvalue weighted by molar-refractivity contribution is 0.0948. The van der Waals surface area contributed by atoms with Crippen LogP contribution in [0.5, 0.6) is 11.5 Å². The van der Waals surface area contributed by atoms with E-state index in [9.17, 15) is 4.79 Å². The number of anilines is 2. The van der Waals surface area contributed by atoms with Crippen molar-refractivity contribution in [2.45, 2.75) is 26.2 Å². The Morgan fingerprint density at radius 2 is 2.00 bits per heavy atom. The minimum atomic E-state index is -0.191. The van der Waals surface area contributed by atoms with Gasteiger partial charge in [-0.25, -0.2) is 9.97 Å². The normalized spacial score (nSPS) is 12.5. The van der Waals surface area contributed by atoms with Gasteiger partial charge in [-0.3, -0.25) is 4.79 Å². The number of carbonyl (C=O) groups excluding carboxylic acids is 1. The average Bonchev–Trinajstić information content (AvgIpc) is 2.65. The first-order valence-corrected chi connectivity index (χ1v) is 8.54. The van der Waals surface area contributed by atoms with Crippen LogP contribution in [0.25, 0.3) is 0 Å². The van der Waals surface area contributed by atoms with Gasteiger partial charge in [-0.2, -0.15) is 0 Å². The molecule has 1 aromatic heterocycles. The molecule has 0 bridgehead atoms. The zero-order chi connectivity index (χ0) is 17.5. The van der Waals surface area contributed by atoms with Crippen LogP contribution < -0.4 is 20.1 Å². The van der Waals surface area contributed by atoms with Crippen LogP contribution in [-0.4, -0.2) is 35.6 Å². The molecule has 0 aliphatic carbocycles. The quantitative estimate of drug-likeness (QED) is 0.753. The van der Waals surface area contributed by atoms with Gasteiger partial charge in [-0.05, 0) is 24.6 Å². The number of rotatable bonds is 7. The number of fused-ring (bicyclic) bond motifs is 1. The highest BCUT2D eigenvalue weighted by Gasteiger charge is 2.13. The number of benzene rings is 1. The van der Waals surface area contributed by atoms with Crippen LogP contribution in [0.1, 0.15) is 36.7 Å². The molecule has 2 heterocycles. The number of aromatic nitrogens is 2. The maximum atomic E-state index is 12.1. The number of amides is 1. The topological polar surface area (TPSA) is 85.4 Å². The summed E-state index contributed by atoms with van der Waals surface area (Å²) in [6, 6.07) is 7.12. The van der Waals surface area contributed by atoms with Gasteiger partial charge in [0.15, 0.2) is 11.5 Å². The number of nitrogens with one attached hydrogen (secondary N) is 2. The van der Waals surface area contributed by atoms with Crippen molar-refractivity contribution >= 4 is 17.5 Å². The van der Waals surface area contributed by atoms with E-state index in [1.807, 2.05) is 18.2 Å².